The lowest BCUT2D eigenvalue weighted by atomic mass is 9.89. The second kappa shape index (κ2) is 12.3. The first-order valence-electron chi connectivity index (χ1n) is 10.7. The standard InChI is InChI=1S/C25H36O6/c1-17(2)8-7-15-25(5,30)24(31-19(4)26)14-11-18(3)9-6-10-22(28)21-13-12-20(27)16-23(21)29/h8-9,12-13,16,24,27,29-30H,6-7,10-11,14-15H2,1-5H3/t24-,25+/m0/s1. The second-order valence-electron chi connectivity index (χ2n) is 8.53. The minimum Gasteiger partial charge on any atom is -0.508 e. The quantitative estimate of drug-likeness (QED) is 0.238. The van der Waals surface area contributed by atoms with Crippen molar-refractivity contribution in [3.05, 3.63) is 47.1 Å². The zero-order valence-electron chi connectivity index (χ0n) is 19.3. The Labute approximate surface area is 185 Å². The van der Waals surface area contributed by atoms with Gasteiger partial charge in [-0.05, 0) is 71.9 Å². The van der Waals surface area contributed by atoms with E-state index in [9.17, 15) is 24.9 Å². The molecule has 2 atom stereocenters. The van der Waals surface area contributed by atoms with Crippen molar-refractivity contribution in [2.45, 2.75) is 84.8 Å². The Kier molecular flexibility index (Phi) is 10.5. The molecule has 0 aliphatic rings. The number of allylic oxidation sites excluding steroid dienone is 4. The van der Waals surface area contributed by atoms with Crippen molar-refractivity contribution in [2.75, 3.05) is 0 Å². The number of phenolic OH excluding ortho intramolecular Hbond substituents is 2. The minimum atomic E-state index is -1.13. The van der Waals surface area contributed by atoms with E-state index in [0.717, 1.165) is 11.6 Å². The zero-order valence-corrected chi connectivity index (χ0v) is 19.3. The summed E-state index contributed by atoms with van der Waals surface area (Å²) >= 11 is 0. The van der Waals surface area contributed by atoms with Crippen LogP contribution in [-0.2, 0) is 9.53 Å². The molecule has 3 N–H and O–H groups in total. The number of carbonyl (C=O) groups is 2. The van der Waals surface area contributed by atoms with Crippen LogP contribution in [0.5, 0.6) is 11.5 Å². The normalized spacial score (nSPS) is 14.5. The maximum Gasteiger partial charge on any atom is 0.303 e. The van der Waals surface area contributed by atoms with E-state index in [-0.39, 0.29) is 29.3 Å². The number of benzene rings is 1. The fourth-order valence-corrected chi connectivity index (χ4v) is 3.31. The van der Waals surface area contributed by atoms with Crippen LogP contribution in [0.3, 0.4) is 0 Å². The number of Topliss-reactive ketones (excluding diaryl/α,β-unsaturated/α-hetero) is 1. The van der Waals surface area contributed by atoms with Crippen molar-refractivity contribution >= 4 is 11.8 Å². The highest BCUT2D eigenvalue weighted by molar-refractivity contribution is 5.98. The molecular formula is C25H36O6. The summed E-state index contributed by atoms with van der Waals surface area (Å²) in [6.07, 6.45) is 6.40. The van der Waals surface area contributed by atoms with Crippen molar-refractivity contribution < 1.29 is 29.6 Å². The fraction of sp³-hybridized carbons (Fsp3) is 0.520. The lowest BCUT2D eigenvalue weighted by Crippen LogP contribution is -2.42. The van der Waals surface area contributed by atoms with Crippen molar-refractivity contribution in [3.63, 3.8) is 0 Å². The highest BCUT2D eigenvalue weighted by Crippen LogP contribution is 2.27. The molecule has 0 aromatic heterocycles. The maximum absolute atomic E-state index is 12.3. The lowest BCUT2D eigenvalue weighted by molar-refractivity contribution is -0.162. The highest BCUT2D eigenvalue weighted by Gasteiger charge is 2.33. The topological polar surface area (TPSA) is 104 Å². The molecule has 6 nitrogen and oxygen atoms in total. The van der Waals surface area contributed by atoms with Gasteiger partial charge in [-0.3, -0.25) is 9.59 Å². The van der Waals surface area contributed by atoms with Gasteiger partial charge in [0.05, 0.1) is 11.2 Å². The Morgan fingerprint density at radius 3 is 2.32 bits per heavy atom. The molecule has 1 aromatic carbocycles. The zero-order chi connectivity index (χ0) is 23.6. The molecular weight excluding hydrogens is 396 g/mol. The number of phenols is 2. The number of rotatable bonds is 12. The Bertz CT molecular complexity index is 815. The first-order valence-corrected chi connectivity index (χ1v) is 10.7. The third-order valence-corrected chi connectivity index (χ3v) is 5.15. The summed E-state index contributed by atoms with van der Waals surface area (Å²) in [4.78, 5) is 23.8. The van der Waals surface area contributed by atoms with Crippen LogP contribution >= 0.6 is 0 Å². The van der Waals surface area contributed by atoms with E-state index in [2.05, 4.69) is 0 Å². The Hall–Kier alpha value is -2.60. The molecule has 0 unspecified atom stereocenters. The van der Waals surface area contributed by atoms with Crippen LogP contribution in [0, 0.1) is 0 Å². The Balaban J connectivity index is 2.64. The Morgan fingerprint density at radius 1 is 1.06 bits per heavy atom. The number of esters is 1. The number of carbonyl (C=O) groups excluding carboxylic acids is 2. The van der Waals surface area contributed by atoms with Crippen LogP contribution in [0.2, 0.25) is 0 Å². The van der Waals surface area contributed by atoms with Gasteiger partial charge in [-0.25, -0.2) is 0 Å². The van der Waals surface area contributed by atoms with E-state index in [1.54, 1.807) is 6.92 Å². The molecule has 0 amide bonds. The third kappa shape index (κ3) is 9.83. The first-order chi connectivity index (χ1) is 14.4. The largest absolute Gasteiger partial charge is 0.508 e. The lowest BCUT2D eigenvalue weighted by Gasteiger charge is -2.32. The predicted octanol–water partition coefficient (Wildman–Crippen LogP) is 5.22. The van der Waals surface area contributed by atoms with Gasteiger partial charge in [0.1, 0.15) is 17.6 Å². The molecule has 1 aromatic rings. The SMILES string of the molecule is CC(=O)O[C@@H](CCC(C)=CCCC(=O)c1ccc(O)cc1O)[C@](C)(O)CCC=C(C)C. The number of hydrogen-bond donors (Lipinski definition) is 3. The summed E-state index contributed by atoms with van der Waals surface area (Å²) in [5.74, 6) is -0.955. The number of hydrogen-bond acceptors (Lipinski definition) is 6. The maximum atomic E-state index is 12.3. The summed E-state index contributed by atoms with van der Waals surface area (Å²) in [6.45, 7) is 8.97. The molecule has 0 aliphatic heterocycles. The van der Waals surface area contributed by atoms with Crippen molar-refractivity contribution in [1.29, 1.82) is 0 Å². The van der Waals surface area contributed by atoms with Crippen LogP contribution < -0.4 is 0 Å². The van der Waals surface area contributed by atoms with Gasteiger partial charge in [-0.15, -0.1) is 0 Å². The predicted molar refractivity (Wildman–Crippen MR) is 121 cm³/mol. The average Bonchev–Trinajstić information content (AvgIpc) is 2.64. The molecule has 0 spiro atoms. The van der Waals surface area contributed by atoms with E-state index < -0.39 is 17.7 Å². The molecule has 172 valence electrons. The van der Waals surface area contributed by atoms with Gasteiger partial charge in [0, 0.05) is 19.4 Å². The smallest absolute Gasteiger partial charge is 0.303 e. The molecule has 0 saturated heterocycles. The second-order valence-corrected chi connectivity index (χ2v) is 8.53. The molecule has 0 bridgehead atoms. The summed E-state index contributed by atoms with van der Waals surface area (Å²) in [6, 6.07) is 3.92. The highest BCUT2D eigenvalue weighted by atomic mass is 16.6. The number of aliphatic hydroxyl groups is 1. The molecule has 0 fully saturated rings. The molecule has 6 heteroatoms. The summed E-state index contributed by atoms with van der Waals surface area (Å²) < 4.78 is 5.41. The van der Waals surface area contributed by atoms with Gasteiger partial charge in [0.15, 0.2) is 5.78 Å². The van der Waals surface area contributed by atoms with Crippen molar-refractivity contribution in [1.82, 2.24) is 0 Å². The third-order valence-electron chi connectivity index (χ3n) is 5.15. The summed E-state index contributed by atoms with van der Waals surface area (Å²) in [5, 5.41) is 30.0. The van der Waals surface area contributed by atoms with Gasteiger partial charge >= 0.3 is 5.97 Å². The fourth-order valence-electron chi connectivity index (χ4n) is 3.31. The number of ether oxygens (including phenoxy) is 1. The minimum absolute atomic E-state index is 0.0936. The molecule has 1 rings (SSSR count). The molecule has 0 aliphatic carbocycles. The van der Waals surface area contributed by atoms with Gasteiger partial charge < -0.3 is 20.1 Å². The van der Waals surface area contributed by atoms with Crippen LogP contribution in [-0.4, -0.2) is 38.8 Å². The molecule has 0 saturated carbocycles. The number of aromatic hydroxyl groups is 2. The van der Waals surface area contributed by atoms with E-state index in [0.29, 0.717) is 32.1 Å². The van der Waals surface area contributed by atoms with E-state index in [1.807, 2.05) is 32.9 Å². The average molecular weight is 433 g/mol. The first kappa shape index (κ1) is 26.4. The van der Waals surface area contributed by atoms with Crippen LogP contribution in [0.4, 0.5) is 0 Å². The summed E-state index contributed by atoms with van der Waals surface area (Å²) in [5.41, 5.74) is 1.25. The van der Waals surface area contributed by atoms with Crippen molar-refractivity contribution in [2.24, 2.45) is 0 Å². The Morgan fingerprint density at radius 2 is 1.74 bits per heavy atom. The van der Waals surface area contributed by atoms with Gasteiger partial charge in [0.2, 0.25) is 0 Å². The van der Waals surface area contributed by atoms with E-state index >= 15 is 0 Å². The number of ketones is 1. The van der Waals surface area contributed by atoms with Gasteiger partial charge in [0.25, 0.3) is 0 Å². The van der Waals surface area contributed by atoms with Crippen LogP contribution in [0.15, 0.2) is 41.5 Å². The molecule has 0 heterocycles. The van der Waals surface area contributed by atoms with Crippen LogP contribution in [0.25, 0.3) is 0 Å². The van der Waals surface area contributed by atoms with Gasteiger partial charge in [-0.2, -0.15) is 0 Å². The van der Waals surface area contributed by atoms with Crippen molar-refractivity contribution in [3.8, 4) is 11.5 Å². The van der Waals surface area contributed by atoms with E-state index in [4.69, 9.17) is 4.74 Å². The monoisotopic (exact) mass is 432 g/mol. The van der Waals surface area contributed by atoms with Gasteiger partial charge in [-0.1, -0.05) is 23.3 Å². The van der Waals surface area contributed by atoms with E-state index in [1.165, 1.54) is 24.6 Å². The molecule has 0 radical (unpaired) electrons. The summed E-state index contributed by atoms with van der Waals surface area (Å²) in [7, 11) is 0. The van der Waals surface area contributed by atoms with Crippen LogP contribution in [0.1, 0.15) is 83.5 Å². The molecule has 31 heavy (non-hydrogen) atoms.